The van der Waals surface area contributed by atoms with Gasteiger partial charge in [0.1, 0.15) is 17.6 Å². The van der Waals surface area contributed by atoms with Crippen LogP contribution in [0, 0.1) is 11.8 Å². The minimum Gasteiger partial charge on any atom is -0.497 e. The third-order valence-corrected chi connectivity index (χ3v) is 6.84. The van der Waals surface area contributed by atoms with Crippen molar-refractivity contribution in [3.8, 4) is 5.75 Å². The summed E-state index contributed by atoms with van der Waals surface area (Å²) in [7, 11) is 1.69. The van der Waals surface area contributed by atoms with Gasteiger partial charge in [0.15, 0.2) is 0 Å². The number of carbonyl (C=O) groups excluding carboxylic acids is 2. The number of ketones is 1. The molecule has 0 unspecified atom stereocenters. The van der Waals surface area contributed by atoms with Gasteiger partial charge >= 0.3 is 5.97 Å². The van der Waals surface area contributed by atoms with Gasteiger partial charge in [0.25, 0.3) is 0 Å². The Bertz CT molecular complexity index is 650. The molecule has 0 spiro atoms. The quantitative estimate of drug-likeness (QED) is 0.515. The van der Waals surface area contributed by atoms with Crippen molar-refractivity contribution in [2.24, 2.45) is 11.8 Å². The molecule has 2 aliphatic rings. The van der Waals surface area contributed by atoms with Gasteiger partial charge < -0.3 is 9.47 Å². The number of rotatable bonds is 8. The summed E-state index contributed by atoms with van der Waals surface area (Å²) in [6.07, 6.45) is 10.1. The van der Waals surface area contributed by atoms with E-state index < -0.39 is 0 Å². The second-order valence-electron chi connectivity index (χ2n) is 8.80. The third kappa shape index (κ3) is 6.07. The minimum atomic E-state index is -0.0302. The standard InChI is InChI=1S/C25H36O4/c1-3-4-5-24(26)20-6-8-21(9-7-20)25(27)29-23-16-12-19(13-17-23)18-10-14-22(28-2)15-11-18/h10-11,14-15,19-21,23H,3-9,12-13,16-17H2,1-2H3/t19-,20-,21-,23-. The lowest BCUT2D eigenvalue weighted by molar-refractivity contribution is -0.157. The predicted octanol–water partition coefficient (Wildman–Crippen LogP) is 5.83. The van der Waals surface area contributed by atoms with Crippen LogP contribution in [0.15, 0.2) is 24.3 Å². The lowest BCUT2D eigenvalue weighted by Crippen LogP contribution is -2.31. The number of benzene rings is 1. The summed E-state index contributed by atoms with van der Waals surface area (Å²) in [6.45, 7) is 2.12. The molecule has 0 aromatic heterocycles. The first-order valence-corrected chi connectivity index (χ1v) is 11.5. The van der Waals surface area contributed by atoms with Gasteiger partial charge in [-0.25, -0.2) is 0 Å². The number of methoxy groups -OCH3 is 1. The molecule has 160 valence electrons. The van der Waals surface area contributed by atoms with E-state index in [2.05, 4.69) is 19.1 Å². The summed E-state index contributed by atoms with van der Waals surface area (Å²) < 4.78 is 11.1. The molecule has 0 amide bonds. The lowest BCUT2D eigenvalue weighted by Gasteiger charge is -2.31. The molecule has 0 saturated heterocycles. The van der Waals surface area contributed by atoms with Gasteiger partial charge in [0, 0.05) is 12.3 Å². The summed E-state index contributed by atoms with van der Waals surface area (Å²) in [5.74, 6) is 1.96. The number of hydrogen-bond acceptors (Lipinski definition) is 4. The predicted molar refractivity (Wildman–Crippen MR) is 114 cm³/mol. The fourth-order valence-electron chi connectivity index (χ4n) is 4.86. The highest BCUT2D eigenvalue weighted by molar-refractivity contribution is 5.81. The van der Waals surface area contributed by atoms with Gasteiger partial charge in [-0.3, -0.25) is 9.59 Å². The number of Topliss-reactive ketones (excluding diaryl/α,β-unsaturated/α-hetero) is 1. The van der Waals surface area contributed by atoms with Gasteiger partial charge in [-0.15, -0.1) is 0 Å². The zero-order valence-electron chi connectivity index (χ0n) is 18.0. The molecule has 0 atom stereocenters. The first-order valence-electron chi connectivity index (χ1n) is 11.5. The highest BCUT2D eigenvalue weighted by atomic mass is 16.5. The number of esters is 1. The van der Waals surface area contributed by atoms with Gasteiger partial charge in [-0.2, -0.15) is 0 Å². The summed E-state index contributed by atoms with van der Waals surface area (Å²) in [6, 6.07) is 8.34. The van der Waals surface area contributed by atoms with E-state index in [0.29, 0.717) is 18.1 Å². The Labute approximate surface area is 175 Å². The summed E-state index contributed by atoms with van der Waals surface area (Å²) in [5.41, 5.74) is 1.35. The molecule has 2 fully saturated rings. The van der Waals surface area contributed by atoms with Crippen LogP contribution >= 0.6 is 0 Å². The molecular weight excluding hydrogens is 364 g/mol. The molecule has 3 rings (SSSR count). The van der Waals surface area contributed by atoms with Crippen molar-refractivity contribution in [1.82, 2.24) is 0 Å². The van der Waals surface area contributed by atoms with Crippen LogP contribution in [-0.2, 0) is 14.3 Å². The first kappa shape index (κ1) is 21.9. The largest absolute Gasteiger partial charge is 0.497 e. The zero-order valence-corrected chi connectivity index (χ0v) is 18.0. The van der Waals surface area contributed by atoms with Gasteiger partial charge in [-0.05, 0) is 81.4 Å². The first-order chi connectivity index (χ1) is 14.1. The number of ether oxygens (including phenoxy) is 2. The maximum Gasteiger partial charge on any atom is 0.309 e. The van der Waals surface area contributed by atoms with Crippen molar-refractivity contribution in [1.29, 1.82) is 0 Å². The van der Waals surface area contributed by atoms with Crippen LogP contribution in [0.3, 0.4) is 0 Å². The molecule has 0 radical (unpaired) electrons. The Kier molecular flexibility index (Phi) is 8.14. The lowest BCUT2D eigenvalue weighted by atomic mass is 9.79. The number of hydrogen-bond donors (Lipinski definition) is 0. The summed E-state index contributed by atoms with van der Waals surface area (Å²) in [4.78, 5) is 24.8. The summed E-state index contributed by atoms with van der Waals surface area (Å²) in [5, 5.41) is 0. The Hall–Kier alpha value is -1.84. The van der Waals surface area contributed by atoms with E-state index in [-0.39, 0.29) is 23.9 Å². The number of carbonyl (C=O) groups is 2. The number of unbranched alkanes of at least 4 members (excludes halogenated alkanes) is 1. The highest BCUT2D eigenvalue weighted by Crippen LogP contribution is 2.36. The van der Waals surface area contributed by atoms with Crippen LogP contribution in [0.25, 0.3) is 0 Å². The smallest absolute Gasteiger partial charge is 0.309 e. The maximum absolute atomic E-state index is 12.6. The molecule has 4 nitrogen and oxygen atoms in total. The molecule has 29 heavy (non-hydrogen) atoms. The molecule has 2 aliphatic carbocycles. The van der Waals surface area contributed by atoms with Crippen LogP contribution < -0.4 is 4.74 Å². The summed E-state index contributed by atoms with van der Waals surface area (Å²) >= 11 is 0. The average Bonchev–Trinajstić information content (AvgIpc) is 2.78. The van der Waals surface area contributed by atoms with Gasteiger partial charge in [-0.1, -0.05) is 25.5 Å². The molecule has 0 heterocycles. The SMILES string of the molecule is CCCCC(=O)[C@H]1CC[C@H](C(=O)O[C@H]2CC[C@H](c3ccc(OC)cc3)CC2)CC1. The van der Waals surface area contributed by atoms with E-state index in [1.54, 1.807) is 7.11 Å². The fourth-order valence-corrected chi connectivity index (χ4v) is 4.86. The minimum absolute atomic E-state index is 0.00969. The van der Waals surface area contributed by atoms with Crippen molar-refractivity contribution >= 4 is 11.8 Å². The Morgan fingerprint density at radius 1 is 0.897 bits per heavy atom. The molecule has 1 aromatic rings. The molecule has 4 heteroatoms. The van der Waals surface area contributed by atoms with Crippen molar-refractivity contribution in [2.45, 2.75) is 89.6 Å². The molecule has 1 aromatic carbocycles. The molecule has 0 aliphatic heterocycles. The van der Waals surface area contributed by atoms with Gasteiger partial charge in [0.2, 0.25) is 0 Å². The Morgan fingerprint density at radius 2 is 1.52 bits per heavy atom. The molecule has 0 N–H and O–H groups in total. The fraction of sp³-hybridized carbons (Fsp3) is 0.680. The van der Waals surface area contributed by atoms with E-state index >= 15 is 0 Å². The van der Waals surface area contributed by atoms with E-state index in [0.717, 1.165) is 70.0 Å². The van der Waals surface area contributed by atoms with Crippen LogP contribution in [0.2, 0.25) is 0 Å². The van der Waals surface area contributed by atoms with Crippen LogP contribution in [-0.4, -0.2) is 25.0 Å². The van der Waals surface area contributed by atoms with Crippen LogP contribution in [0.4, 0.5) is 0 Å². The van der Waals surface area contributed by atoms with E-state index in [4.69, 9.17) is 9.47 Å². The van der Waals surface area contributed by atoms with Gasteiger partial charge in [0.05, 0.1) is 13.0 Å². The molecular formula is C25H36O4. The van der Waals surface area contributed by atoms with E-state index in [1.165, 1.54) is 5.56 Å². The average molecular weight is 401 g/mol. The van der Waals surface area contributed by atoms with Crippen LogP contribution in [0.5, 0.6) is 5.75 Å². The topological polar surface area (TPSA) is 52.6 Å². The second kappa shape index (κ2) is 10.8. The van der Waals surface area contributed by atoms with Crippen molar-refractivity contribution < 1.29 is 19.1 Å². The van der Waals surface area contributed by atoms with Crippen molar-refractivity contribution in [2.75, 3.05) is 7.11 Å². The van der Waals surface area contributed by atoms with Crippen molar-refractivity contribution in [3.63, 3.8) is 0 Å². The zero-order chi connectivity index (χ0) is 20.6. The Balaban J connectivity index is 1.39. The Morgan fingerprint density at radius 3 is 2.10 bits per heavy atom. The second-order valence-corrected chi connectivity index (χ2v) is 8.80. The molecule has 2 saturated carbocycles. The molecule has 0 bridgehead atoms. The third-order valence-electron chi connectivity index (χ3n) is 6.84. The van der Waals surface area contributed by atoms with E-state index in [9.17, 15) is 9.59 Å². The maximum atomic E-state index is 12.6. The monoisotopic (exact) mass is 400 g/mol. The van der Waals surface area contributed by atoms with Crippen LogP contribution in [0.1, 0.15) is 89.0 Å². The van der Waals surface area contributed by atoms with E-state index in [1.807, 2.05) is 12.1 Å². The van der Waals surface area contributed by atoms with Crippen molar-refractivity contribution in [3.05, 3.63) is 29.8 Å². The highest BCUT2D eigenvalue weighted by Gasteiger charge is 2.32. The normalized spacial score (nSPS) is 27.2.